The minimum atomic E-state index is -1.59. The highest BCUT2D eigenvalue weighted by Crippen LogP contribution is 2.23. The molecule has 1 N–H and O–H groups in total. The second kappa shape index (κ2) is 5.19. The summed E-state index contributed by atoms with van der Waals surface area (Å²) in [6, 6.07) is 0. The van der Waals surface area contributed by atoms with Gasteiger partial charge in [-0.15, -0.1) is 0 Å². The van der Waals surface area contributed by atoms with E-state index in [1.165, 1.54) is 0 Å². The normalized spacial score (nSPS) is 19.7. The molecular formula is C11H12BrFN2O3. The van der Waals surface area contributed by atoms with Crippen molar-refractivity contribution in [3.63, 3.8) is 0 Å². The Morgan fingerprint density at radius 2 is 2.44 bits per heavy atom. The van der Waals surface area contributed by atoms with Crippen LogP contribution in [0, 0.1) is 6.92 Å². The number of hydrogen-bond acceptors (Lipinski definition) is 3. The van der Waals surface area contributed by atoms with Crippen molar-refractivity contribution in [1.82, 2.24) is 9.55 Å². The van der Waals surface area contributed by atoms with Gasteiger partial charge in [-0.3, -0.25) is 0 Å². The van der Waals surface area contributed by atoms with Crippen molar-refractivity contribution in [3.8, 4) is 0 Å². The van der Waals surface area contributed by atoms with Crippen LogP contribution in [0.1, 0.15) is 17.8 Å². The summed E-state index contributed by atoms with van der Waals surface area (Å²) in [7, 11) is 0. The standard InChI is InChI=1S/C11H12BrFN2O3/c1-6-9(4-8(13)10(16)17)15(11(12)14-6)5-7-2-3-18-7/h4,7H,2-3,5H2,1H3,(H,16,17)/b8-4-/t7-/m0/s1. The summed E-state index contributed by atoms with van der Waals surface area (Å²) >= 11 is 3.27. The Bertz CT molecular complexity index is 509. The second-order valence-electron chi connectivity index (χ2n) is 4.04. The first-order valence-electron chi connectivity index (χ1n) is 5.43. The summed E-state index contributed by atoms with van der Waals surface area (Å²) in [5, 5.41) is 8.56. The van der Waals surface area contributed by atoms with Crippen molar-refractivity contribution in [2.75, 3.05) is 6.61 Å². The van der Waals surface area contributed by atoms with E-state index in [4.69, 9.17) is 9.84 Å². The van der Waals surface area contributed by atoms with Crippen LogP contribution in [0.4, 0.5) is 4.39 Å². The van der Waals surface area contributed by atoms with E-state index in [1.807, 2.05) is 0 Å². The lowest BCUT2D eigenvalue weighted by Crippen LogP contribution is -2.31. The van der Waals surface area contributed by atoms with Crippen molar-refractivity contribution in [2.24, 2.45) is 0 Å². The fourth-order valence-electron chi connectivity index (χ4n) is 1.72. The van der Waals surface area contributed by atoms with Crippen molar-refractivity contribution in [3.05, 3.63) is 21.9 Å². The number of hydrogen-bond donors (Lipinski definition) is 1. The van der Waals surface area contributed by atoms with E-state index in [9.17, 15) is 9.18 Å². The van der Waals surface area contributed by atoms with E-state index in [2.05, 4.69) is 20.9 Å². The van der Waals surface area contributed by atoms with Gasteiger partial charge in [0.1, 0.15) is 0 Å². The molecule has 1 aromatic rings. The fraction of sp³-hybridized carbons (Fsp3) is 0.455. The lowest BCUT2D eigenvalue weighted by molar-refractivity contribution is -0.134. The highest BCUT2D eigenvalue weighted by molar-refractivity contribution is 9.10. The molecule has 0 radical (unpaired) electrons. The van der Waals surface area contributed by atoms with Gasteiger partial charge >= 0.3 is 5.97 Å². The number of carbonyl (C=O) groups is 1. The number of ether oxygens (including phenoxy) is 1. The van der Waals surface area contributed by atoms with Gasteiger partial charge in [-0.25, -0.2) is 9.78 Å². The summed E-state index contributed by atoms with van der Waals surface area (Å²) in [6.45, 7) is 2.95. The number of carboxylic acid groups (broad SMARTS) is 1. The molecule has 7 heteroatoms. The summed E-state index contributed by atoms with van der Waals surface area (Å²) < 4.78 is 20.7. The van der Waals surface area contributed by atoms with Gasteiger partial charge < -0.3 is 14.4 Å². The molecule has 0 bridgehead atoms. The van der Waals surface area contributed by atoms with Crippen LogP contribution in [0.5, 0.6) is 0 Å². The van der Waals surface area contributed by atoms with E-state index in [1.54, 1.807) is 11.5 Å². The third kappa shape index (κ3) is 2.62. The quantitative estimate of drug-likeness (QED) is 0.864. The van der Waals surface area contributed by atoms with E-state index in [0.717, 1.165) is 19.1 Å². The van der Waals surface area contributed by atoms with Gasteiger partial charge in [0.15, 0.2) is 4.73 Å². The minimum Gasteiger partial charge on any atom is -0.476 e. The Kier molecular flexibility index (Phi) is 3.82. The van der Waals surface area contributed by atoms with E-state index >= 15 is 0 Å². The maximum Gasteiger partial charge on any atom is 0.364 e. The smallest absolute Gasteiger partial charge is 0.364 e. The van der Waals surface area contributed by atoms with Gasteiger partial charge in [0.05, 0.1) is 24.0 Å². The monoisotopic (exact) mass is 318 g/mol. The maximum atomic E-state index is 13.2. The number of aliphatic carboxylic acids is 1. The fourth-order valence-corrected chi connectivity index (χ4v) is 2.32. The number of aromatic nitrogens is 2. The predicted octanol–water partition coefficient (Wildman–Crippen LogP) is 2.14. The van der Waals surface area contributed by atoms with Gasteiger partial charge in [0.2, 0.25) is 5.83 Å². The molecule has 1 saturated heterocycles. The molecule has 2 rings (SSSR count). The zero-order valence-electron chi connectivity index (χ0n) is 9.69. The van der Waals surface area contributed by atoms with Crippen molar-refractivity contribution >= 4 is 28.0 Å². The number of imidazole rings is 1. The SMILES string of the molecule is Cc1nc(Br)n(C[C@@H]2CCO2)c1/C=C(\F)C(=O)O. The van der Waals surface area contributed by atoms with Gasteiger partial charge in [-0.05, 0) is 29.3 Å². The summed E-state index contributed by atoms with van der Waals surface area (Å²) in [5.41, 5.74) is 1.01. The Balaban J connectivity index is 2.32. The Labute approximate surface area is 111 Å². The third-order valence-electron chi connectivity index (χ3n) is 2.79. The molecule has 0 saturated carbocycles. The Morgan fingerprint density at radius 3 is 2.94 bits per heavy atom. The lowest BCUT2D eigenvalue weighted by Gasteiger charge is -2.27. The summed E-state index contributed by atoms with van der Waals surface area (Å²) in [4.78, 5) is 14.7. The maximum absolute atomic E-state index is 13.2. The predicted molar refractivity (Wildman–Crippen MR) is 65.7 cm³/mol. The van der Waals surface area contributed by atoms with Crippen LogP contribution < -0.4 is 0 Å². The summed E-state index contributed by atoms with van der Waals surface area (Å²) in [5.74, 6) is -2.79. The van der Waals surface area contributed by atoms with Gasteiger partial charge in [0, 0.05) is 12.7 Å². The molecule has 0 aliphatic carbocycles. The van der Waals surface area contributed by atoms with Crippen LogP contribution in [0.3, 0.4) is 0 Å². The van der Waals surface area contributed by atoms with Crippen LogP contribution in [-0.4, -0.2) is 33.3 Å². The summed E-state index contributed by atoms with van der Waals surface area (Å²) in [6.07, 6.45) is 2.00. The molecule has 1 aromatic heterocycles. The number of rotatable bonds is 4. The molecule has 1 aliphatic rings. The van der Waals surface area contributed by atoms with Gasteiger partial charge in [-0.1, -0.05) is 0 Å². The first-order chi connectivity index (χ1) is 8.49. The zero-order chi connectivity index (χ0) is 13.3. The number of nitrogens with zero attached hydrogens (tertiary/aromatic N) is 2. The molecular weight excluding hydrogens is 307 g/mol. The Morgan fingerprint density at radius 1 is 1.78 bits per heavy atom. The third-order valence-corrected chi connectivity index (χ3v) is 3.40. The van der Waals surface area contributed by atoms with Crippen LogP contribution in [0.2, 0.25) is 0 Å². The van der Waals surface area contributed by atoms with Crippen LogP contribution in [0.15, 0.2) is 10.6 Å². The molecule has 0 spiro atoms. The average Bonchev–Trinajstić information content (AvgIpc) is 2.48. The molecule has 18 heavy (non-hydrogen) atoms. The average molecular weight is 319 g/mol. The van der Waals surface area contributed by atoms with Crippen molar-refractivity contribution in [1.29, 1.82) is 0 Å². The molecule has 2 heterocycles. The van der Waals surface area contributed by atoms with Gasteiger partial charge in [0.25, 0.3) is 0 Å². The highest BCUT2D eigenvalue weighted by atomic mass is 79.9. The van der Waals surface area contributed by atoms with E-state index in [0.29, 0.717) is 22.7 Å². The van der Waals surface area contributed by atoms with E-state index in [-0.39, 0.29) is 6.10 Å². The molecule has 1 aliphatic heterocycles. The molecule has 5 nitrogen and oxygen atoms in total. The van der Waals surface area contributed by atoms with Gasteiger partial charge in [-0.2, -0.15) is 4.39 Å². The molecule has 1 fully saturated rings. The molecule has 1 atom stereocenters. The first-order valence-corrected chi connectivity index (χ1v) is 6.23. The van der Waals surface area contributed by atoms with Crippen LogP contribution in [-0.2, 0) is 16.1 Å². The number of carboxylic acids is 1. The number of halogens is 2. The first kappa shape index (κ1) is 13.2. The van der Waals surface area contributed by atoms with Crippen LogP contribution in [0.25, 0.3) is 6.08 Å². The zero-order valence-corrected chi connectivity index (χ0v) is 11.3. The molecule has 0 unspecified atom stereocenters. The van der Waals surface area contributed by atoms with E-state index < -0.39 is 11.8 Å². The largest absolute Gasteiger partial charge is 0.476 e. The molecule has 0 aromatic carbocycles. The highest BCUT2D eigenvalue weighted by Gasteiger charge is 2.22. The Hall–Kier alpha value is -1.21. The topological polar surface area (TPSA) is 64.4 Å². The lowest BCUT2D eigenvalue weighted by atomic mass is 10.2. The van der Waals surface area contributed by atoms with Crippen LogP contribution >= 0.6 is 15.9 Å². The van der Waals surface area contributed by atoms with Crippen molar-refractivity contribution in [2.45, 2.75) is 26.0 Å². The molecule has 0 amide bonds. The van der Waals surface area contributed by atoms with Crippen molar-refractivity contribution < 1.29 is 19.0 Å². The number of aryl methyl sites for hydroxylation is 1. The molecule has 98 valence electrons. The minimum absolute atomic E-state index is 0.0786. The second-order valence-corrected chi connectivity index (χ2v) is 4.75.